The Balaban J connectivity index is 1.37. The van der Waals surface area contributed by atoms with E-state index in [4.69, 9.17) is 5.73 Å². The van der Waals surface area contributed by atoms with Gasteiger partial charge in [-0.1, -0.05) is 59.7 Å². The largest absolute Gasteiger partial charge is 0.368 e. The van der Waals surface area contributed by atoms with Crippen LogP contribution in [0.2, 0.25) is 0 Å². The van der Waals surface area contributed by atoms with Gasteiger partial charge in [0.05, 0.1) is 18.9 Å². The predicted molar refractivity (Wildman–Crippen MR) is 239 cm³/mol. The highest BCUT2D eigenvalue weighted by atomic mass is 16.2. The van der Waals surface area contributed by atoms with Crippen LogP contribution in [0.4, 0.5) is 0 Å². The Labute approximate surface area is 373 Å². The molecule has 7 atom stereocenters. The third-order valence-electron chi connectivity index (χ3n) is 10.9. The first-order chi connectivity index (χ1) is 30.3. The van der Waals surface area contributed by atoms with E-state index in [0.717, 1.165) is 16.5 Å². The summed E-state index contributed by atoms with van der Waals surface area (Å²) < 4.78 is 0. The van der Waals surface area contributed by atoms with E-state index in [1.807, 2.05) is 52.0 Å². The monoisotopic (exact) mass is 891 g/mol. The second kappa shape index (κ2) is 23.9. The molecule has 0 radical (unpaired) electrons. The topological polar surface area (TPSA) is 303 Å². The average Bonchev–Trinajstić information content (AvgIpc) is 4.01. The van der Waals surface area contributed by atoms with Gasteiger partial charge in [-0.3, -0.25) is 38.4 Å². The number of aromatic amines is 2. The molecule has 1 saturated heterocycles. The van der Waals surface area contributed by atoms with Gasteiger partial charge in [0.15, 0.2) is 0 Å². The van der Waals surface area contributed by atoms with Crippen LogP contribution in [0.15, 0.2) is 43.0 Å². The van der Waals surface area contributed by atoms with Gasteiger partial charge in [0.2, 0.25) is 47.3 Å². The van der Waals surface area contributed by atoms with Crippen molar-refractivity contribution in [2.75, 3.05) is 13.1 Å². The molecule has 1 aromatic carbocycles. The molecule has 1 aliphatic heterocycles. The molecule has 12 N–H and O–H groups in total. The molecular formula is C44H66N12O8. The van der Waals surface area contributed by atoms with Crippen LogP contribution in [0.1, 0.15) is 85.4 Å². The number of primary amides is 1. The first-order valence-corrected chi connectivity index (χ1v) is 21.9. The van der Waals surface area contributed by atoms with E-state index in [1.165, 1.54) is 19.4 Å². The van der Waals surface area contributed by atoms with Crippen molar-refractivity contribution in [3.8, 4) is 0 Å². The summed E-state index contributed by atoms with van der Waals surface area (Å²) in [7, 11) is 0. The van der Waals surface area contributed by atoms with Crippen LogP contribution >= 0.6 is 0 Å². The van der Waals surface area contributed by atoms with Crippen molar-refractivity contribution >= 4 is 58.2 Å². The quantitative estimate of drug-likeness (QED) is 0.0528. The molecule has 0 spiro atoms. The third kappa shape index (κ3) is 15.5. The van der Waals surface area contributed by atoms with E-state index in [1.54, 1.807) is 20.0 Å². The Morgan fingerprint density at radius 1 is 0.781 bits per heavy atom. The predicted octanol–water partition coefficient (Wildman–Crippen LogP) is -0.293. The smallest absolute Gasteiger partial charge is 0.243 e. The van der Waals surface area contributed by atoms with E-state index in [9.17, 15) is 38.4 Å². The number of aromatic nitrogens is 3. The highest BCUT2D eigenvalue weighted by Gasteiger charge is 2.34. The first-order valence-electron chi connectivity index (χ1n) is 21.9. The molecule has 0 unspecified atom stereocenters. The Morgan fingerprint density at radius 2 is 1.47 bits per heavy atom. The maximum absolute atomic E-state index is 13.8. The third-order valence-corrected chi connectivity index (χ3v) is 10.9. The van der Waals surface area contributed by atoms with E-state index in [-0.39, 0.29) is 50.0 Å². The molecule has 20 nitrogen and oxygen atoms in total. The zero-order chi connectivity index (χ0) is 47.1. The summed E-state index contributed by atoms with van der Waals surface area (Å²) in [5.41, 5.74) is 7.79. The van der Waals surface area contributed by atoms with E-state index in [0.29, 0.717) is 18.5 Å². The Bertz CT molecular complexity index is 2080. The number of hydrogen-bond donors (Lipinski definition) is 11. The van der Waals surface area contributed by atoms with Crippen molar-refractivity contribution in [3.05, 3.63) is 54.2 Å². The number of nitrogens with two attached hydrogens (primary N) is 1. The molecule has 0 aliphatic carbocycles. The zero-order valence-corrected chi connectivity index (χ0v) is 37.8. The fourth-order valence-electron chi connectivity index (χ4n) is 7.47. The number of para-hydroxylation sites is 1. The van der Waals surface area contributed by atoms with Crippen LogP contribution in [0.5, 0.6) is 0 Å². The van der Waals surface area contributed by atoms with Gasteiger partial charge >= 0.3 is 0 Å². The molecule has 8 amide bonds. The van der Waals surface area contributed by atoms with Gasteiger partial charge in [0, 0.05) is 60.8 Å². The standard InChI is InChI=1S/C44H66N12O8/c1-23(2)14-29(20-48-33(39(45)59)15-24(3)4)52-43(63)35(17-28-19-46-22-50-28)54-37(58)21-49-44(64)38(25(5)6)56-40(60)26(7)51-42(62)34(55-41(61)32-12-13-36(57)53-32)16-27-18-47-31-11-9-8-10-30(27)31/h8-11,18-19,22-26,29,32-35,38,47-48H,12-17,20-21H2,1-7H3,(H2,45,59)(H,46,50)(H,49,64)(H,51,62)(H,52,63)(H,53,57)(H,54,58)(H,55,61)(H,56,60)/t26-,29-,32-,33-,34-,35-,38-/m0/s1. The molecule has 3 heterocycles. The minimum atomic E-state index is -1.16. The highest BCUT2D eigenvalue weighted by molar-refractivity contribution is 5.97. The summed E-state index contributed by atoms with van der Waals surface area (Å²) >= 11 is 0. The Morgan fingerprint density at radius 3 is 2.09 bits per heavy atom. The molecule has 20 heteroatoms. The molecule has 3 aromatic rings. The van der Waals surface area contributed by atoms with Crippen molar-refractivity contribution in [2.24, 2.45) is 23.5 Å². The minimum absolute atomic E-state index is 0.0579. The number of amides is 8. The lowest BCUT2D eigenvalue weighted by Crippen LogP contribution is -2.59. The van der Waals surface area contributed by atoms with Gasteiger partial charge in [-0.25, -0.2) is 4.98 Å². The average molecular weight is 891 g/mol. The zero-order valence-electron chi connectivity index (χ0n) is 37.8. The van der Waals surface area contributed by atoms with Gasteiger partial charge in [0.1, 0.15) is 30.2 Å². The lowest BCUT2D eigenvalue weighted by Gasteiger charge is -2.27. The van der Waals surface area contributed by atoms with E-state index in [2.05, 4.69) is 57.5 Å². The van der Waals surface area contributed by atoms with Crippen molar-refractivity contribution in [3.63, 3.8) is 0 Å². The van der Waals surface area contributed by atoms with Gasteiger partial charge in [-0.15, -0.1) is 0 Å². The SMILES string of the molecule is CC(C)C[C@@H](CN[C@@H](CC(C)C)C(N)=O)NC(=O)[C@H](Cc1cnc[nH]1)NC(=O)CNC(=O)[C@@H](NC(=O)[C@H](C)NC(=O)[C@H](Cc1c[nH]c2ccccc12)NC(=O)[C@@H]1CCC(=O)N1)C(C)C. The number of carbonyl (C=O) groups excluding carboxylic acids is 8. The first kappa shape index (κ1) is 50.3. The minimum Gasteiger partial charge on any atom is -0.368 e. The summed E-state index contributed by atoms with van der Waals surface area (Å²) in [5.74, 6) is -4.54. The van der Waals surface area contributed by atoms with Crippen LogP contribution in [-0.4, -0.2) is 118 Å². The normalized spacial score (nSPS) is 16.6. The maximum atomic E-state index is 13.8. The van der Waals surface area contributed by atoms with Gasteiger partial charge in [0.25, 0.3) is 0 Å². The molecule has 64 heavy (non-hydrogen) atoms. The Hall–Kier alpha value is -6.31. The summed E-state index contributed by atoms with van der Waals surface area (Å²) in [6, 6.07) is 1.20. The van der Waals surface area contributed by atoms with Crippen molar-refractivity contribution < 1.29 is 38.4 Å². The number of nitrogens with one attached hydrogen (secondary N) is 10. The van der Waals surface area contributed by atoms with Crippen LogP contribution in [0.3, 0.4) is 0 Å². The van der Waals surface area contributed by atoms with E-state index >= 15 is 0 Å². The van der Waals surface area contributed by atoms with Gasteiger partial charge < -0.3 is 58.2 Å². The van der Waals surface area contributed by atoms with E-state index < -0.39 is 96.1 Å². The summed E-state index contributed by atoms with van der Waals surface area (Å²) in [5, 5.41) is 22.9. The molecule has 2 aromatic heterocycles. The number of imidazole rings is 1. The molecule has 350 valence electrons. The summed E-state index contributed by atoms with van der Waals surface area (Å²) in [6.45, 7) is 12.5. The number of rotatable bonds is 25. The molecular weight excluding hydrogens is 825 g/mol. The number of H-pyrrole nitrogens is 2. The second-order valence-corrected chi connectivity index (χ2v) is 17.7. The maximum Gasteiger partial charge on any atom is 0.243 e. The van der Waals surface area contributed by atoms with Crippen molar-refractivity contribution in [1.82, 2.24) is 57.5 Å². The second-order valence-electron chi connectivity index (χ2n) is 17.7. The molecule has 0 saturated carbocycles. The molecule has 0 bridgehead atoms. The van der Waals surface area contributed by atoms with Crippen LogP contribution in [0.25, 0.3) is 10.9 Å². The molecule has 1 fully saturated rings. The van der Waals surface area contributed by atoms with Gasteiger partial charge in [-0.2, -0.15) is 0 Å². The Kier molecular flexibility index (Phi) is 18.8. The lowest BCUT2D eigenvalue weighted by molar-refractivity contribution is -0.134. The fraction of sp³-hybridized carbons (Fsp3) is 0.568. The number of fused-ring (bicyclic) bond motifs is 1. The van der Waals surface area contributed by atoms with Crippen molar-refractivity contribution in [1.29, 1.82) is 0 Å². The summed E-state index contributed by atoms with van der Waals surface area (Å²) in [6.07, 6.45) is 6.41. The lowest BCUT2D eigenvalue weighted by atomic mass is 10.0. The summed E-state index contributed by atoms with van der Waals surface area (Å²) in [4.78, 5) is 115. The number of hydrogen-bond acceptors (Lipinski definition) is 10. The highest BCUT2D eigenvalue weighted by Crippen LogP contribution is 2.20. The number of benzene rings is 1. The van der Waals surface area contributed by atoms with Crippen LogP contribution in [0, 0.1) is 17.8 Å². The van der Waals surface area contributed by atoms with Crippen molar-refractivity contribution in [2.45, 2.75) is 129 Å². The fourth-order valence-corrected chi connectivity index (χ4v) is 7.47. The molecule has 1 aliphatic rings. The number of nitrogens with zero attached hydrogens (tertiary/aromatic N) is 1. The van der Waals surface area contributed by atoms with Gasteiger partial charge in [-0.05, 0) is 55.6 Å². The molecule has 4 rings (SSSR count). The van der Waals surface area contributed by atoms with Crippen LogP contribution in [-0.2, 0) is 51.2 Å². The van der Waals surface area contributed by atoms with Crippen LogP contribution < -0.4 is 48.3 Å². The number of carbonyl (C=O) groups is 8.